The Labute approximate surface area is 134 Å². The molecule has 0 radical (unpaired) electrons. The molecular formula is C21H17NO. The average molecular weight is 299 g/mol. The van der Waals surface area contributed by atoms with Crippen LogP contribution in [0.1, 0.15) is 27.0 Å². The zero-order valence-corrected chi connectivity index (χ0v) is 13.2. The van der Waals surface area contributed by atoms with Gasteiger partial charge in [-0.25, -0.2) is 0 Å². The number of carbonyl (C=O) groups excluding carboxylic acids is 1. The molecule has 0 unspecified atom stereocenters. The van der Waals surface area contributed by atoms with Gasteiger partial charge in [-0.2, -0.15) is 0 Å². The largest absolute Gasteiger partial charge is 0.354 e. The third-order valence-electron chi connectivity index (χ3n) is 4.52. The Morgan fingerprint density at radius 1 is 0.913 bits per heavy atom. The molecule has 3 aromatic carbocycles. The number of para-hydroxylation sites is 1. The summed E-state index contributed by atoms with van der Waals surface area (Å²) >= 11 is 0. The summed E-state index contributed by atoms with van der Waals surface area (Å²) in [5.41, 5.74) is 5.88. The molecule has 0 spiro atoms. The summed E-state index contributed by atoms with van der Waals surface area (Å²) < 4.78 is 0. The molecule has 23 heavy (non-hydrogen) atoms. The van der Waals surface area contributed by atoms with Crippen LogP contribution in [-0.2, 0) is 0 Å². The minimum atomic E-state index is 0.0818. The second-order valence-electron chi connectivity index (χ2n) is 5.98. The van der Waals surface area contributed by atoms with Gasteiger partial charge in [-0.3, -0.25) is 4.79 Å². The zero-order chi connectivity index (χ0) is 16.0. The first kappa shape index (κ1) is 13.8. The Morgan fingerprint density at radius 2 is 1.61 bits per heavy atom. The molecule has 0 saturated heterocycles. The molecule has 0 atom stereocenters. The normalized spacial score (nSPS) is 11.2. The molecule has 0 saturated carbocycles. The number of hydrogen-bond acceptors (Lipinski definition) is 1. The molecular weight excluding hydrogens is 282 g/mol. The van der Waals surface area contributed by atoms with E-state index in [0.29, 0.717) is 0 Å². The topological polar surface area (TPSA) is 32.9 Å². The van der Waals surface area contributed by atoms with E-state index in [1.807, 2.05) is 55.5 Å². The molecule has 0 bridgehead atoms. The molecule has 4 rings (SSSR count). The highest BCUT2D eigenvalue weighted by Crippen LogP contribution is 2.33. The Kier molecular flexibility index (Phi) is 3.05. The average Bonchev–Trinajstić information content (AvgIpc) is 2.99. The minimum Gasteiger partial charge on any atom is -0.354 e. The van der Waals surface area contributed by atoms with Gasteiger partial charge in [0.2, 0.25) is 0 Å². The molecule has 2 heteroatoms. The highest BCUT2D eigenvalue weighted by atomic mass is 16.1. The van der Waals surface area contributed by atoms with Crippen LogP contribution < -0.4 is 0 Å². The van der Waals surface area contributed by atoms with Crippen molar-refractivity contribution in [1.82, 2.24) is 4.98 Å². The van der Waals surface area contributed by atoms with Crippen molar-refractivity contribution in [3.8, 4) is 0 Å². The molecule has 1 heterocycles. The smallest absolute Gasteiger partial charge is 0.193 e. The second-order valence-corrected chi connectivity index (χ2v) is 5.98. The number of H-pyrrole nitrogens is 1. The fourth-order valence-corrected chi connectivity index (χ4v) is 3.34. The van der Waals surface area contributed by atoms with Crippen LogP contribution in [0.4, 0.5) is 0 Å². The van der Waals surface area contributed by atoms with Crippen molar-refractivity contribution in [2.45, 2.75) is 13.8 Å². The third kappa shape index (κ3) is 2.07. The van der Waals surface area contributed by atoms with Crippen LogP contribution in [0.3, 0.4) is 0 Å². The van der Waals surface area contributed by atoms with E-state index >= 15 is 0 Å². The van der Waals surface area contributed by atoms with E-state index in [2.05, 4.69) is 24.0 Å². The van der Waals surface area contributed by atoms with E-state index in [9.17, 15) is 4.79 Å². The van der Waals surface area contributed by atoms with Crippen molar-refractivity contribution in [3.05, 3.63) is 82.9 Å². The quantitative estimate of drug-likeness (QED) is 0.509. The fourth-order valence-electron chi connectivity index (χ4n) is 3.34. The van der Waals surface area contributed by atoms with Crippen LogP contribution in [0.2, 0.25) is 0 Å². The monoisotopic (exact) mass is 299 g/mol. The maximum Gasteiger partial charge on any atom is 0.193 e. The summed E-state index contributed by atoms with van der Waals surface area (Å²) in [6.45, 7) is 4.09. The summed E-state index contributed by atoms with van der Waals surface area (Å²) in [5.74, 6) is 0.0818. The third-order valence-corrected chi connectivity index (χ3v) is 4.52. The van der Waals surface area contributed by atoms with Gasteiger partial charge >= 0.3 is 0 Å². The lowest BCUT2D eigenvalue weighted by molar-refractivity contribution is 0.103. The maximum absolute atomic E-state index is 12.9. The van der Waals surface area contributed by atoms with E-state index in [4.69, 9.17) is 0 Å². The standard InChI is InChI=1S/C21H17NO/c1-13-12-17(21(23)15-8-4-3-5-9-15)14(2)19-16-10-6-7-11-18(16)22-20(13)19/h3-12,22H,1-2H3. The fraction of sp³-hybridized carbons (Fsp3) is 0.0952. The molecule has 4 aromatic rings. The maximum atomic E-state index is 12.9. The van der Waals surface area contributed by atoms with Gasteiger partial charge in [0.15, 0.2) is 5.78 Å². The first-order chi connectivity index (χ1) is 11.2. The van der Waals surface area contributed by atoms with Gasteiger partial charge in [0.05, 0.1) is 0 Å². The van der Waals surface area contributed by atoms with Gasteiger partial charge in [-0.05, 0) is 37.1 Å². The van der Waals surface area contributed by atoms with Gasteiger partial charge < -0.3 is 4.98 Å². The van der Waals surface area contributed by atoms with E-state index in [1.165, 1.54) is 5.39 Å². The number of ketones is 1. The SMILES string of the molecule is Cc1cc(C(=O)c2ccccc2)c(C)c2c1[nH]c1ccccc12. The molecule has 1 aromatic heterocycles. The number of hydrogen-bond donors (Lipinski definition) is 1. The molecule has 112 valence electrons. The van der Waals surface area contributed by atoms with Crippen LogP contribution in [0.25, 0.3) is 21.8 Å². The molecule has 1 N–H and O–H groups in total. The number of aryl methyl sites for hydroxylation is 2. The Bertz CT molecular complexity index is 1040. The highest BCUT2D eigenvalue weighted by molar-refractivity contribution is 6.17. The number of aromatic amines is 1. The molecule has 2 nitrogen and oxygen atoms in total. The highest BCUT2D eigenvalue weighted by Gasteiger charge is 2.17. The Hall–Kier alpha value is -2.87. The van der Waals surface area contributed by atoms with E-state index in [-0.39, 0.29) is 5.78 Å². The van der Waals surface area contributed by atoms with Crippen LogP contribution >= 0.6 is 0 Å². The number of aromatic nitrogens is 1. The molecule has 0 aliphatic rings. The number of benzene rings is 3. The predicted molar refractivity (Wildman–Crippen MR) is 95.2 cm³/mol. The summed E-state index contributed by atoms with van der Waals surface area (Å²) in [6, 6.07) is 19.7. The Balaban J connectivity index is 2.04. The van der Waals surface area contributed by atoms with Crippen molar-refractivity contribution in [3.63, 3.8) is 0 Å². The van der Waals surface area contributed by atoms with E-state index in [1.54, 1.807) is 0 Å². The van der Waals surface area contributed by atoms with Crippen LogP contribution in [0, 0.1) is 13.8 Å². The van der Waals surface area contributed by atoms with Crippen molar-refractivity contribution in [2.75, 3.05) is 0 Å². The van der Waals surface area contributed by atoms with Gasteiger partial charge in [0.1, 0.15) is 0 Å². The van der Waals surface area contributed by atoms with Crippen LogP contribution in [0.5, 0.6) is 0 Å². The summed E-state index contributed by atoms with van der Waals surface area (Å²) in [5, 5.41) is 2.32. The number of nitrogens with one attached hydrogen (secondary N) is 1. The molecule has 0 aliphatic heterocycles. The molecule has 0 aliphatic carbocycles. The van der Waals surface area contributed by atoms with Crippen molar-refractivity contribution >= 4 is 27.6 Å². The predicted octanol–water partition coefficient (Wildman–Crippen LogP) is 5.17. The Morgan fingerprint density at radius 3 is 2.39 bits per heavy atom. The zero-order valence-electron chi connectivity index (χ0n) is 13.2. The van der Waals surface area contributed by atoms with Gasteiger partial charge in [0, 0.05) is 32.9 Å². The lowest BCUT2D eigenvalue weighted by atomic mass is 9.93. The van der Waals surface area contributed by atoms with Gasteiger partial charge in [-0.1, -0.05) is 48.5 Å². The van der Waals surface area contributed by atoms with Crippen molar-refractivity contribution < 1.29 is 4.79 Å². The lowest BCUT2D eigenvalue weighted by Gasteiger charge is -2.09. The minimum absolute atomic E-state index is 0.0818. The first-order valence-electron chi connectivity index (χ1n) is 7.77. The van der Waals surface area contributed by atoms with Gasteiger partial charge in [0.25, 0.3) is 0 Å². The summed E-state index contributed by atoms with van der Waals surface area (Å²) in [6.07, 6.45) is 0. The van der Waals surface area contributed by atoms with E-state index in [0.717, 1.165) is 38.7 Å². The number of carbonyl (C=O) groups is 1. The van der Waals surface area contributed by atoms with Crippen LogP contribution in [-0.4, -0.2) is 10.8 Å². The first-order valence-corrected chi connectivity index (χ1v) is 7.77. The molecule has 0 amide bonds. The lowest BCUT2D eigenvalue weighted by Crippen LogP contribution is -2.04. The number of fused-ring (bicyclic) bond motifs is 3. The van der Waals surface area contributed by atoms with Crippen LogP contribution in [0.15, 0.2) is 60.7 Å². The summed E-state index contributed by atoms with van der Waals surface area (Å²) in [4.78, 5) is 16.4. The summed E-state index contributed by atoms with van der Waals surface area (Å²) in [7, 11) is 0. The van der Waals surface area contributed by atoms with Crippen molar-refractivity contribution in [1.29, 1.82) is 0 Å². The second kappa shape index (κ2) is 5.10. The van der Waals surface area contributed by atoms with Crippen molar-refractivity contribution in [2.24, 2.45) is 0 Å². The van der Waals surface area contributed by atoms with E-state index < -0.39 is 0 Å². The molecule has 0 fully saturated rings. The number of rotatable bonds is 2. The van der Waals surface area contributed by atoms with Gasteiger partial charge in [-0.15, -0.1) is 0 Å².